The molecule has 1 N–H and O–H groups in total. The second-order valence-corrected chi connectivity index (χ2v) is 10.3. The van der Waals surface area contributed by atoms with Gasteiger partial charge in [-0.1, -0.05) is 23.2 Å². The predicted molar refractivity (Wildman–Crippen MR) is 126 cm³/mol. The lowest BCUT2D eigenvalue weighted by molar-refractivity contribution is 0.0730. The van der Waals surface area contributed by atoms with E-state index in [-0.39, 0.29) is 34.6 Å². The number of fused-ring (bicyclic) bond motifs is 1. The van der Waals surface area contributed by atoms with Crippen LogP contribution in [0.25, 0.3) is 10.9 Å². The molecule has 0 spiro atoms. The Labute approximate surface area is 196 Å². The fraction of sp³-hybridized carbons (Fsp3) is 0.318. The van der Waals surface area contributed by atoms with Gasteiger partial charge in [0.25, 0.3) is 5.91 Å². The number of aromatic nitrogens is 1. The summed E-state index contributed by atoms with van der Waals surface area (Å²) in [6, 6.07) is 9.82. The number of benzene rings is 2. The third-order valence-electron chi connectivity index (χ3n) is 5.60. The number of sulfonamides is 1. The molecule has 170 valence electrons. The SMILES string of the molecule is CCn1c(C(=O)Nc2cc(S(=O)(=O)N3CCOCC3)ccc2Cl)c(C)c2cc(Cl)ccc21. The van der Waals surface area contributed by atoms with Gasteiger partial charge in [-0.2, -0.15) is 4.31 Å². The van der Waals surface area contributed by atoms with Crippen LogP contribution >= 0.6 is 23.2 Å². The molecule has 2 aromatic carbocycles. The largest absolute Gasteiger partial charge is 0.379 e. The van der Waals surface area contributed by atoms with Crippen LogP contribution in [0.2, 0.25) is 10.0 Å². The Bertz CT molecular complexity index is 1300. The van der Waals surface area contributed by atoms with Crippen molar-refractivity contribution in [1.82, 2.24) is 8.87 Å². The zero-order valence-corrected chi connectivity index (χ0v) is 20.0. The van der Waals surface area contributed by atoms with E-state index in [1.165, 1.54) is 22.5 Å². The summed E-state index contributed by atoms with van der Waals surface area (Å²) < 4.78 is 34.5. The molecule has 0 saturated carbocycles. The summed E-state index contributed by atoms with van der Waals surface area (Å²) in [7, 11) is -3.72. The number of hydrogen-bond donors (Lipinski definition) is 1. The molecule has 1 fully saturated rings. The molecule has 0 atom stereocenters. The van der Waals surface area contributed by atoms with Gasteiger partial charge in [-0.15, -0.1) is 0 Å². The normalized spacial score (nSPS) is 15.2. The van der Waals surface area contributed by atoms with E-state index in [1.807, 2.05) is 30.5 Å². The molecule has 4 rings (SSSR count). The monoisotopic (exact) mass is 495 g/mol. The number of aryl methyl sites for hydroxylation is 2. The number of halogens is 2. The van der Waals surface area contributed by atoms with Crippen molar-refractivity contribution in [2.75, 3.05) is 31.6 Å². The van der Waals surface area contributed by atoms with E-state index in [1.54, 1.807) is 6.07 Å². The van der Waals surface area contributed by atoms with Crippen LogP contribution in [0.5, 0.6) is 0 Å². The van der Waals surface area contributed by atoms with Crippen molar-refractivity contribution in [3.63, 3.8) is 0 Å². The average Bonchev–Trinajstić information content (AvgIpc) is 3.06. The molecule has 1 saturated heterocycles. The molecule has 7 nitrogen and oxygen atoms in total. The number of carbonyl (C=O) groups excluding carboxylic acids is 1. The quantitative estimate of drug-likeness (QED) is 0.562. The number of hydrogen-bond acceptors (Lipinski definition) is 4. The highest BCUT2D eigenvalue weighted by Gasteiger charge is 2.27. The maximum absolute atomic E-state index is 13.3. The number of carbonyl (C=O) groups is 1. The Balaban J connectivity index is 1.70. The Morgan fingerprint density at radius 2 is 1.84 bits per heavy atom. The van der Waals surface area contributed by atoms with E-state index in [4.69, 9.17) is 27.9 Å². The van der Waals surface area contributed by atoms with Crippen molar-refractivity contribution in [2.24, 2.45) is 0 Å². The summed E-state index contributed by atoms with van der Waals surface area (Å²) >= 11 is 12.5. The molecule has 3 aromatic rings. The van der Waals surface area contributed by atoms with Crippen molar-refractivity contribution >= 4 is 55.7 Å². The van der Waals surface area contributed by atoms with E-state index in [0.717, 1.165) is 16.5 Å². The van der Waals surface area contributed by atoms with Crippen molar-refractivity contribution in [1.29, 1.82) is 0 Å². The highest BCUT2D eigenvalue weighted by atomic mass is 35.5. The maximum Gasteiger partial charge on any atom is 0.272 e. The van der Waals surface area contributed by atoms with Crippen LogP contribution in [0.1, 0.15) is 23.0 Å². The number of amides is 1. The van der Waals surface area contributed by atoms with Crippen LogP contribution in [0.3, 0.4) is 0 Å². The standard InChI is InChI=1S/C22H23Cl2N3O4S/c1-3-27-20-7-4-15(23)12-17(20)14(2)21(27)22(28)25-19-13-16(5-6-18(19)24)32(29,30)26-8-10-31-11-9-26/h4-7,12-13H,3,8-11H2,1-2H3,(H,25,28). The fourth-order valence-corrected chi connectivity index (χ4v) is 5.77. The van der Waals surface area contributed by atoms with Crippen molar-refractivity contribution in [3.05, 3.63) is 57.7 Å². The summed E-state index contributed by atoms with van der Waals surface area (Å²) in [6.07, 6.45) is 0. The minimum atomic E-state index is -3.72. The number of nitrogens with one attached hydrogen (secondary N) is 1. The van der Waals surface area contributed by atoms with Gasteiger partial charge in [-0.3, -0.25) is 4.79 Å². The van der Waals surface area contributed by atoms with Gasteiger partial charge in [0.1, 0.15) is 5.69 Å². The van der Waals surface area contributed by atoms with Crippen molar-refractivity contribution in [2.45, 2.75) is 25.3 Å². The number of rotatable bonds is 5. The first-order valence-corrected chi connectivity index (χ1v) is 12.4. The molecule has 32 heavy (non-hydrogen) atoms. The van der Waals surface area contributed by atoms with Gasteiger partial charge in [0, 0.05) is 35.6 Å². The zero-order chi connectivity index (χ0) is 23.0. The van der Waals surface area contributed by atoms with Crippen LogP contribution in [-0.4, -0.2) is 49.5 Å². The highest BCUT2D eigenvalue weighted by molar-refractivity contribution is 7.89. The predicted octanol–water partition coefficient (Wildman–Crippen LogP) is 4.55. The van der Waals surface area contributed by atoms with Gasteiger partial charge in [-0.25, -0.2) is 8.42 Å². The molecule has 1 aliphatic rings. The lowest BCUT2D eigenvalue weighted by Crippen LogP contribution is -2.40. The first-order chi connectivity index (χ1) is 15.2. The molecule has 0 unspecified atom stereocenters. The van der Waals surface area contributed by atoms with Crippen LogP contribution < -0.4 is 5.32 Å². The Morgan fingerprint density at radius 1 is 1.12 bits per heavy atom. The van der Waals surface area contributed by atoms with Gasteiger partial charge < -0.3 is 14.6 Å². The highest BCUT2D eigenvalue weighted by Crippen LogP contribution is 2.31. The smallest absolute Gasteiger partial charge is 0.272 e. The average molecular weight is 496 g/mol. The van der Waals surface area contributed by atoms with Gasteiger partial charge in [-0.05, 0) is 55.8 Å². The van der Waals surface area contributed by atoms with E-state index in [0.29, 0.717) is 30.5 Å². The molecule has 2 heterocycles. The van der Waals surface area contributed by atoms with Crippen LogP contribution in [-0.2, 0) is 21.3 Å². The van der Waals surface area contributed by atoms with E-state index < -0.39 is 10.0 Å². The Hall–Kier alpha value is -2.10. The van der Waals surface area contributed by atoms with Crippen molar-refractivity contribution in [3.8, 4) is 0 Å². The summed E-state index contributed by atoms with van der Waals surface area (Å²) in [5, 5.41) is 4.53. The molecule has 1 aromatic heterocycles. The first kappa shape index (κ1) is 23.1. The number of ether oxygens (including phenoxy) is 1. The molecule has 0 bridgehead atoms. The van der Waals surface area contributed by atoms with E-state index >= 15 is 0 Å². The van der Waals surface area contributed by atoms with E-state index in [9.17, 15) is 13.2 Å². The van der Waals surface area contributed by atoms with Crippen molar-refractivity contribution < 1.29 is 17.9 Å². The van der Waals surface area contributed by atoms with Gasteiger partial charge in [0.2, 0.25) is 10.0 Å². The summed E-state index contributed by atoms with van der Waals surface area (Å²) in [5.74, 6) is -0.375. The van der Waals surface area contributed by atoms with Crippen LogP contribution in [0.15, 0.2) is 41.3 Å². The third kappa shape index (κ3) is 4.13. The topological polar surface area (TPSA) is 80.6 Å². The molecule has 0 radical (unpaired) electrons. The molecular formula is C22H23Cl2N3O4S. The molecule has 1 amide bonds. The first-order valence-electron chi connectivity index (χ1n) is 10.2. The summed E-state index contributed by atoms with van der Waals surface area (Å²) in [5.41, 5.74) is 2.39. The van der Waals surface area contributed by atoms with Crippen LogP contribution in [0, 0.1) is 6.92 Å². The summed E-state index contributed by atoms with van der Waals surface area (Å²) in [6.45, 7) is 5.65. The lowest BCUT2D eigenvalue weighted by atomic mass is 10.1. The molecule has 10 heteroatoms. The lowest BCUT2D eigenvalue weighted by Gasteiger charge is -2.26. The Morgan fingerprint density at radius 3 is 2.53 bits per heavy atom. The maximum atomic E-state index is 13.3. The molecule has 0 aliphatic carbocycles. The second-order valence-electron chi connectivity index (χ2n) is 7.49. The minimum Gasteiger partial charge on any atom is -0.379 e. The number of nitrogens with zero attached hydrogens (tertiary/aromatic N) is 2. The van der Waals surface area contributed by atoms with Gasteiger partial charge in [0.15, 0.2) is 0 Å². The number of anilines is 1. The van der Waals surface area contributed by atoms with E-state index in [2.05, 4.69) is 5.32 Å². The molecular weight excluding hydrogens is 473 g/mol. The van der Waals surface area contributed by atoms with Gasteiger partial charge in [0.05, 0.1) is 28.8 Å². The minimum absolute atomic E-state index is 0.0682. The van der Waals surface area contributed by atoms with Crippen LogP contribution in [0.4, 0.5) is 5.69 Å². The fourth-order valence-electron chi connectivity index (χ4n) is 3.99. The Kier molecular flexibility index (Phi) is 6.51. The molecule has 1 aliphatic heterocycles. The third-order valence-corrected chi connectivity index (χ3v) is 8.06. The second kappa shape index (κ2) is 9.03. The zero-order valence-electron chi connectivity index (χ0n) is 17.7. The van der Waals surface area contributed by atoms with Gasteiger partial charge >= 0.3 is 0 Å². The number of morpholine rings is 1. The summed E-state index contributed by atoms with van der Waals surface area (Å²) in [4.78, 5) is 13.4.